The van der Waals surface area contributed by atoms with Crippen LogP contribution in [0, 0.1) is 0 Å². The Morgan fingerprint density at radius 1 is 1.53 bits per heavy atom. The molecule has 1 saturated heterocycles. The average molecular weight is 262 g/mol. The van der Waals surface area contributed by atoms with Crippen molar-refractivity contribution in [1.29, 1.82) is 0 Å². The molecule has 2 unspecified atom stereocenters. The van der Waals surface area contributed by atoms with Gasteiger partial charge in [-0.25, -0.2) is 0 Å². The highest BCUT2D eigenvalue weighted by molar-refractivity contribution is 6.02. The molecule has 5 nitrogen and oxygen atoms in total. The topological polar surface area (TPSA) is 59.6 Å². The van der Waals surface area contributed by atoms with Crippen LogP contribution in [0.1, 0.15) is 24.4 Å². The Bertz CT molecular complexity index is 484. The number of likely N-dealkylation sites (N-methyl/N-ethyl adjacent to an activating group) is 1. The molecular formula is C14H18N2O3. The van der Waals surface area contributed by atoms with E-state index in [0.29, 0.717) is 6.61 Å². The van der Waals surface area contributed by atoms with Crippen LogP contribution in [-0.4, -0.2) is 32.3 Å². The summed E-state index contributed by atoms with van der Waals surface area (Å²) >= 11 is 0. The van der Waals surface area contributed by atoms with E-state index < -0.39 is 0 Å². The minimum Gasteiger partial charge on any atom is -0.491 e. The van der Waals surface area contributed by atoms with Gasteiger partial charge in [0.1, 0.15) is 18.4 Å². The zero-order chi connectivity index (χ0) is 13.2. The number of carbonyl (C=O) groups is 1. The van der Waals surface area contributed by atoms with Crippen molar-refractivity contribution in [2.75, 3.05) is 25.6 Å². The van der Waals surface area contributed by atoms with E-state index in [1.807, 2.05) is 18.2 Å². The lowest BCUT2D eigenvalue weighted by molar-refractivity contribution is -0.117. The van der Waals surface area contributed by atoms with Crippen LogP contribution in [0.4, 0.5) is 5.69 Å². The van der Waals surface area contributed by atoms with Gasteiger partial charge in [0.05, 0.1) is 6.10 Å². The van der Waals surface area contributed by atoms with Crippen LogP contribution in [0.25, 0.3) is 0 Å². The van der Waals surface area contributed by atoms with Gasteiger partial charge in [0.15, 0.2) is 0 Å². The van der Waals surface area contributed by atoms with E-state index in [9.17, 15) is 4.79 Å². The molecule has 1 aromatic carbocycles. The maximum absolute atomic E-state index is 11.7. The van der Waals surface area contributed by atoms with Crippen LogP contribution >= 0.6 is 0 Å². The SMILES string of the molecule is CNC1C(=O)Nc2cc(OCC3CCCO3)ccc21. The molecule has 2 aliphatic rings. The van der Waals surface area contributed by atoms with E-state index in [4.69, 9.17) is 9.47 Å². The summed E-state index contributed by atoms with van der Waals surface area (Å²) in [7, 11) is 1.78. The molecule has 0 aromatic heterocycles. The first kappa shape index (κ1) is 12.4. The van der Waals surface area contributed by atoms with Gasteiger partial charge in [0, 0.05) is 23.9 Å². The van der Waals surface area contributed by atoms with Gasteiger partial charge in [0.2, 0.25) is 5.91 Å². The summed E-state index contributed by atoms with van der Waals surface area (Å²) in [5.41, 5.74) is 1.80. The summed E-state index contributed by atoms with van der Waals surface area (Å²) < 4.78 is 11.2. The van der Waals surface area contributed by atoms with E-state index >= 15 is 0 Å². The van der Waals surface area contributed by atoms with Crippen molar-refractivity contribution in [3.05, 3.63) is 23.8 Å². The van der Waals surface area contributed by atoms with E-state index in [1.54, 1.807) is 7.05 Å². The summed E-state index contributed by atoms with van der Waals surface area (Å²) in [4.78, 5) is 11.7. The van der Waals surface area contributed by atoms with E-state index in [-0.39, 0.29) is 18.1 Å². The Balaban J connectivity index is 1.68. The molecule has 5 heteroatoms. The maximum atomic E-state index is 11.7. The number of fused-ring (bicyclic) bond motifs is 1. The minimum absolute atomic E-state index is 0.0197. The minimum atomic E-state index is -0.262. The second-order valence-electron chi connectivity index (χ2n) is 4.91. The number of hydrogen-bond acceptors (Lipinski definition) is 4. The lowest BCUT2D eigenvalue weighted by Crippen LogP contribution is -2.23. The van der Waals surface area contributed by atoms with E-state index in [1.165, 1.54) is 0 Å². The Kier molecular flexibility index (Phi) is 3.40. The van der Waals surface area contributed by atoms with Crippen LogP contribution in [-0.2, 0) is 9.53 Å². The predicted octanol–water partition coefficient (Wildman–Crippen LogP) is 1.46. The molecule has 0 radical (unpaired) electrons. The average Bonchev–Trinajstić information content (AvgIpc) is 3.01. The lowest BCUT2D eigenvalue weighted by Gasteiger charge is -2.12. The molecule has 3 rings (SSSR count). The quantitative estimate of drug-likeness (QED) is 0.862. The van der Waals surface area contributed by atoms with Gasteiger partial charge in [0.25, 0.3) is 0 Å². The van der Waals surface area contributed by atoms with Crippen molar-refractivity contribution >= 4 is 11.6 Å². The molecule has 102 valence electrons. The first-order valence-electron chi connectivity index (χ1n) is 6.64. The first-order chi connectivity index (χ1) is 9.28. The van der Waals surface area contributed by atoms with Gasteiger partial charge < -0.3 is 20.1 Å². The van der Waals surface area contributed by atoms with Gasteiger partial charge in [-0.15, -0.1) is 0 Å². The molecule has 0 spiro atoms. The molecule has 0 saturated carbocycles. The molecule has 19 heavy (non-hydrogen) atoms. The number of hydrogen-bond donors (Lipinski definition) is 2. The standard InChI is InChI=1S/C14H18N2O3/c1-15-13-11-5-4-9(7-12(11)16-14(13)17)19-8-10-3-2-6-18-10/h4-5,7,10,13,15H,2-3,6,8H2,1H3,(H,16,17). The van der Waals surface area contributed by atoms with Crippen molar-refractivity contribution < 1.29 is 14.3 Å². The van der Waals surface area contributed by atoms with Gasteiger partial charge in [-0.2, -0.15) is 0 Å². The van der Waals surface area contributed by atoms with E-state index in [0.717, 1.165) is 36.4 Å². The predicted molar refractivity (Wildman–Crippen MR) is 71.3 cm³/mol. The summed E-state index contributed by atoms with van der Waals surface area (Å²) in [5, 5.41) is 5.85. The Labute approximate surface area is 112 Å². The largest absolute Gasteiger partial charge is 0.491 e. The number of carbonyl (C=O) groups excluding carboxylic acids is 1. The molecule has 2 aliphatic heterocycles. The number of ether oxygens (including phenoxy) is 2. The highest BCUT2D eigenvalue weighted by Gasteiger charge is 2.29. The third-order valence-electron chi connectivity index (χ3n) is 3.60. The van der Waals surface area contributed by atoms with Crippen molar-refractivity contribution in [1.82, 2.24) is 5.32 Å². The van der Waals surface area contributed by atoms with Gasteiger partial charge >= 0.3 is 0 Å². The highest BCUT2D eigenvalue weighted by atomic mass is 16.5. The smallest absolute Gasteiger partial charge is 0.246 e. The number of anilines is 1. The Hall–Kier alpha value is -1.59. The normalized spacial score (nSPS) is 25.2. The molecule has 0 aliphatic carbocycles. The summed E-state index contributed by atoms with van der Waals surface area (Å²) in [5.74, 6) is 0.750. The summed E-state index contributed by atoms with van der Waals surface area (Å²) in [6.45, 7) is 1.40. The molecule has 1 amide bonds. The van der Waals surface area contributed by atoms with Gasteiger partial charge in [-0.1, -0.05) is 6.07 Å². The monoisotopic (exact) mass is 262 g/mol. The number of rotatable bonds is 4. The Morgan fingerprint density at radius 2 is 2.42 bits per heavy atom. The van der Waals surface area contributed by atoms with Crippen molar-refractivity contribution in [3.8, 4) is 5.75 Å². The van der Waals surface area contributed by atoms with E-state index in [2.05, 4.69) is 10.6 Å². The summed E-state index contributed by atoms with van der Waals surface area (Å²) in [6.07, 6.45) is 2.37. The maximum Gasteiger partial charge on any atom is 0.246 e. The number of benzene rings is 1. The van der Waals surface area contributed by atoms with Crippen molar-refractivity contribution in [3.63, 3.8) is 0 Å². The van der Waals surface area contributed by atoms with Gasteiger partial charge in [-0.3, -0.25) is 4.79 Å². The molecule has 2 atom stereocenters. The fourth-order valence-electron chi connectivity index (χ4n) is 2.58. The van der Waals surface area contributed by atoms with Gasteiger partial charge in [-0.05, 0) is 26.0 Å². The van der Waals surface area contributed by atoms with Crippen LogP contribution < -0.4 is 15.4 Å². The molecule has 1 aromatic rings. The van der Waals surface area contributed by atoms with Crippen LogP contribution in [0.5, 0.6) is 5.75 Å². The Morgan fingerprint density at radius 3 is 3.16 bits per heavy atom. The molecule has 1 fully saturated rings. The fourth-order valence-corrected chi connectivity index (χ4v) is 2.58. The molecule has 2 heterocycles. The van der Waals surface area contributed by atoms with Crippen molar-refractivity contribution in [2.24, 2.45) is 0 Å². The second-order valence-corrected chi connectivity index (χ2v) is 4.91. The third-order valence-corrected chi connectivity index (χ3v) is 3.60. The van der Waals surface area contributed by atoms with Crippen LogP contribution in [0.3, 0.4) is 0 Å². The summed E-state index contributed by atoms with van der Waals surface area (Å²) in [6, 6.07) is 5.44. The number of nitrogens with one attached hydrogen (secondary N) is 2. The zero-order valence-electron chi connectivity index (χ0n) is 10.9. The second kappa shape index (κ2) is 5.19. The first-order valence-corrected chi connectivity index (χ1v) is 6.64. The van der Waals surface area contributed by atoms with Crippen molar-refractivity contribution in [2.45, 2.75) is 25.0 Å². The van der Waals surface area contributed by atoms with Crippen LogP contribution in [0.15, 0.2) is 18.2 Å². The highest BCUT2D eigenvalue weighted by Crippen LogP contribution is 2.33. The third kappa shape index (κ3) is 2.43. The lowest BCUT2D eigenvalue weighted by atomic mass is 10.1. The van der Waals surface area contributed by atoms with Crippen LogP contribution in [0.2, 0.25) is 0 Å². The fraction of sp³-hybridized carbons (Fsp3) is 0.500. The molecular weight excluding hydrogens is 244 g/mol. The number of amides is 1. The zero-order valence-corrected chi connectivity index (χ0v) is 10.9. The molecule has 0 bridgehead atoms. The molecule has 2 N–H and O–H groups in total.